The number of aryl methyl sites for hydroxylation is 1. The predicted octanol–water partition coefficient (Wildman–Crippen LogP) is 3.28. The van der Waals surface area contributed by atoms with Crippen molar-refractivity contribution in [2.24, 2.45) is 4.99 Å². The van der Waals surface area contributed by atoms with Crippen LogP contribution in [0.15, 0.2) is 41.4 Å². The van der Waals surface area contributed by atoms with Gasteiger partial charge < -0.3 is 15.1 Å². The van der Waals surface area contributed by atoms with Crippen LogP contribution >= 0.6 is 24.0 Å². The lowest BCUT2D eigenvalue weighted by atomic mass is 10.2. The molecule has 0 bridgehead atoms. The van der Waals surface area contributed by atoms with Crippen molar-refractivity contribution in [1.82, 2.24) is 10.2 Å². The van der Waals surface area contributed by atoms with Crippen LogP contribution in [0.3, 0.4) is 0 Å². The highest BCUT2D eigenvalue weighted by Crippen LogP contribution is 2.17. The molecule has 1 N–H and O–H groups in total. The van der Waals surface area contributed by atoms with Crippen molar-refractivity contribution in [3.8, 4) is 0 Å². The van der Waals surface area contributed by atoms with Gasteiger partial charge in [0.15, 0.2) is 5.96 Å². The summed E-state index contributed by atoms with van der Waals surface area (Å²) in [7, 11) is 1.87. The first-order chi connectivity index (χ1) is 10.7. The Hall–Kier alpha value is -1.24. The highest BCUT2D eigenvalue weighted by atomic mass is 127. The van der Waals surface area contributed by atoms with Crippen molar-refractivity contribution >= 4 is 35.6 Å². The van der Waals surface area contributed by atoms with E-state index in [0.29, 0.717) is 0 Å². The Balaban J connectivity index is 0.00000264. The number of aliphatic imine (C=N–C) groups is 1. The van der Waals surface area contributed by atoms with Gasteiger partial charge >= 0.3 is 0 Å². The Kier molecular flexibility index (Phi) is 9.06. The Morgan fingerprint density at radius 3 is 2.61 bits per heavy atom. The second kappa shape index (κ2) is 10.5. The van der Waals surface area contributed by atoms with Crippen LogP contribution in [-0.4, -0.2) is 50.6 Å². The smallest absolute Gasteiger partial charge is 0.193 e. The second-order valence-corrected chi connectivity index (χ2v) is 5.64. The van der Waals surface area contributed by atoms with Gasteiger partial charge in [0, 0.05) is 45.5 Å². The molecule has 0 aliphatic carbocycles. The number of nitrogens with zero attached hydrogens (tertiary/aromatic N) is 3. The summed E-state index contributed by atoms with van der Waals surface area (Å²) < 4.78 is 0. The molecule has 128 valence electrons. The fourth-order valence-corrected chi connectivity index (χ4v) is 2.77. The number of hydrogen-bond donors (Lipinski definition) is 1. The summed E-state index contributed by atoms with van der Waals surface area (Å²) >= 11 is 0. The Morgan fingerprint density at radius 1 is 1.26 bits per heavy atom. The third-order valence-corrected chi connectivity index (χ3v) is 3.99. The van der Waals surface area contributed by atoms with E-state index in [4.69, 9.17) is 0 Å². The first kappa shape index (κ1) is 19.8. The van der Waals surface area contributed by atoms with Crippen molar-refractivity contribution in [1.29, 1.82) is 0 Å². The van der Waals surface area contributed by atoms with Gasteiger partial charge in [-0.3, -0.25) is 4.99 Å². The minimum Gasteiger partial charge on any atom is -0.368 e. The van der Waals surface area contributed by atoms with Crippen molar-refractivity contribution in [3.05, 3.63) is 42.0 Å². The van der Waals surface area contributed by atoms with Crippen molar-refractivity contribution in [3.63, 3.8) is 0 Å². The lowest BCUT2D eigenvalue weighted by Gasteiger charge is -2.37. The van der Waals surface area contributed by atoms with E-state index in [0.717, 1.165) is 45.1 Å². The van der Waals surface area contributed by atoms with E-state index in [9.17, 15) is 0 Å². The molecule has 0 saturated carbocycles. The van der Waals surface area contributed by atoms with Crippen molar-refractivity contribution in [2.45, 2.75) is 20.3 Å². The van der Waals surface area contributed by atoms with Gasteiger partial charge in [-0.05, 0) is 38.0 Å². The van der Waals surface area contributed by atoms with E-state index >= 15 is 0 Å². The highest BCUT2D eigenvalue weighted by molar-refractivity contribution is 14.0. The highest BCUT2D eigenvalue weighted by Gasteiger charge is 2.19. The summed E-state index contributed by atoms with van der Waals surface area (Å²) in [5, 5.41) is 3.44. The average Bonchev–Trinajstić information content (AvgIpc) is 2.55. The number of hydrogen-bond acceptors (Lipinski definition) is 2. The van der Waals surface area contributed by atoms with Crippen LogP contribution in [-0.2, 0) is 0 Å². The maximum Gasteiger partial charge on any atom is 0.193 e. The van der Waals surface area contributed by atoms with Gasteiger partial charge in [-0.25, -0.2) is 0 Å². The fourth-order valence-electron chi connectivity index (χ4n) is 2.77. The SMILES string of the molecule is C/C=C/CCNC(=NC)N1CCN(c2cccc(C)c2)CC1.I. The van der Waals surface area contributed by atoms with Crippen LogP contribution in [0.4, 0.5) is 5.69 Å². The van der Waals surface area contributed by atoms with E-state index in [1.54, 1.807) is 0 Å². The quantitative estimate of drug-likeness (QED) is 0.263. The molecule has 0 aromatic heterocycles. The minimum absolute atomic E-state index is 0. The molecule has 0 amide bonds. The Labute approximate surface area is 157 Å². The van der Waals surface area contributed by atoms with Gasteiger partial charge in [0.25, 0.3) is 0 Å². The molecule has 4 nitrogen and oxygen atoms in total. The zero-order valence-corrected chi connectivity index (χ0v) is 16.8. The molecular formula is C18H29IN4. The molecule has 1 aliphatic rings. The molecule has 5 heteroatoms. The molecule has 1 heterocycles. The molecular weight excluding hydrogens is 399 g/mol. The monoisotopic (exact) mass is 428 g/mol. The molecule has 0 atom stereocenters. The molecule has 1 aliphatic heterocycles. The summed E-state index contributed by atoms with van der Waals surface area (Å²) in [4.78, 5) is 9.21. The summed E-state index contributed by atoms with van der Waals surface area (Å²) in [6, 6.07) is 8.75. The first-order valence-electron chi connectivity index (χ1n) is 8.13. The normalized spacial score (nSPS) is 15.7. The molecule has 1 aromatic rings. The molecule has 1 aromatic carbocycles. The Morgan fingerprint density at radius 2 is 2.00 bits per heavy atom. The number of benzene rings is 1. The van der Waals surface area contributed by atoms with Gasteiger partial charge in [0.05, 0.1) is 0 Å². The van der Waals surface area contributed by atoms with Crippen molar-refractivity contribution in [2.75, 3.05) is 44.7 Å². The minimum atomic E-state index is 0. The molecule has 2 rings (SSSR count). The molecule has 0 spiro atoms. The van der Waals surface area contributed by atoms with Crippen LogP contribution in [0.2, 0.25) is 0 Å². The lowest BCUT2D eigenvalue weighted by molar-refractivity contribution is 0.373. The summed E-state index contributed by atoms with van der Waals surface area (Å²) in [6.07, 6.45) is 5.31. The molecule has 1 fully saturated rings. The molecule has 0 unspecified atom stereocenters. The molecule has 0 radical (unpaired) electrons. The summed E-state index contributed by atoms with van der Waals surface area (Å²) in [5.74, 6) is 1.02. The van der Waals surface area contributed by atoms with E-state index in [-0.39, 0.29) is 24.0 Å². The average molecular weight is 428 g/mol. The first-order valence-corrected chi connectivity index (χ1v) is 8.13. The van der Waals surface area contributed by atoms with Gasteiger partial charge in [-0.2, -0.15) is 0 Å². The van der Waals surface area contributed by atoms with Crippen LogP contribution in [0.5, 0.6) is 0 Å². The number of nitrogens with one attached hydrogen (secondary N) is 1. The van der Waals surface area contributed by atoms with Gasteiger partial charge in [-0.15, -0.1) is 24.0 Å². The summed E-state index contributed by atoms with van der Waals surface area (Å²) in [6.45, 7) is 9.25. The topological polar surface area (TPSA) is 30.9 Å². The fraction of sp³-hybridized carbons (Fsp3) is 0.500. The third-order valence-electron chi connectivity index (χ3n) is 3.99. The lowest BCUT2D eigenvalue weighted by Crippen LogP contribution is -2.52. The number of anilines is 1. The largest absolute Gasteiger partial charge is 0.368 e. The number of allylic oxidation sites excluding steroid dienone is 1. The van der Waals surface area contributed by atoms with E-state index in [2.05, 4.69) is 70.4 Å². The maximum atomic E-state index is 4.41. The zero-order chi connectivity index (χ0) is 15.8. The second-order valence-electron chi connectivity index (χ2n) is 5.64. The van der Waals surface area contributed by atoms with Crippen molar-refractivity contribution < 1.29 is 0 Å². The number of halogens is 1. The van der Waals surface area contributed by atoms with Crippen LogP contribution in [0, 0.1) is 6.92 Å². The van der Waals surface area contributed by atoms with E-state index in [1.165, 1.54) is 11.3 Å². The molecule has 23 heavy (non-hydrogen) atoms. The van der Waals surface area contributed by atoms with E-state index in [1.807, 2.05) is 7.05 Å². The van der Waals surface area contributed by atoms with Crippen LogP contribution in [0.1, 0.15) is 18.9 Å². The predicted molar refractivity (Wildman–Crippen MR) is 111 cm³/mol. The zero-order valence-electron chi connectivity index (χ0n) is 14.5. The third kappa shape index (κ3) is 6.05. The maximum absolute atomic E-state index is 4.41. The Bertz CT molecular complexity index is 520. The molecule has 1 saturated heterocycles. The number of piperazine rings is 1. The van der Waals surface area contributed by atoms with Crippen LogP contribution < -0.4 is 10.2 Å². The van der Waals surface area contributed by atoms with Gasteiger partial charge in [-0.1, -0.05) is 24.3 Å². The van der Waals surface area contributed by atoms with Gasteiger partial charge in [0.2, 0.25) is 0 Å². The standard InChI is InChI=1S/C18H28N4.HI/c1-4-5-6-10-20-18(19-3)22-13-11-21(12-14-22)17-9-7-8-16(2)15-17;/h4-5,7-9,15H,6,10-14H2,1-3H3,(H,19,20);1H/b5-4+;. The number of guanidine groups is 1. The number of rotatable bonds is 4. The summed E-state index contributed by atoms with van der Waals surface area (Å²) in [5.41, 5.74) is 2.65. The van der Waals surface area contributed by atoms with Gasteiger partial charge in [0.1, 0.15) is 0 Å². The van der Waals surface area contributed by atoms with E-state index < -0.39 is 0 Å². The van der Waals surface area contributed by atoms with Crippen LogP contribution in [0.25, 0.3) is 0 Å².